The number of amides is 1. The molecule has 2 N–H and O–H groups in total. The third-order valence-corrected chi connectivity index (χ3v) is 2.21. The quantitative estimate of drug-likeness (QED) is 0.423. The molecule has 20 heavy (non-hydrogen) atoms. The zero-order valence-corrected chi connectivity index (χ0v) is 12.1. The third kappa shape index (κ3) is 17.0. The molecule has 7 heteroatoms. The topological polar surface area (TPSA) is 97.1 Å². The Kier molecular flexibility index (Phi) is 13.7. The van der Waals surface area contributed by atoms with Crippen LogP contribution in [0.25, 0.3) is 0 Å². The molecule has 0 aromatic rings. The first kappa shape index (κ1) is 19.0. The maximum Gasteiger partial charge on any atom is 0.219 e. The third-order valence-electron chi connectivity index (χ3n) is 2.21. The molecule has 0 bridgehead atoms. The molecule has 0 atom stereocenters. The van der Waals surface area contributed by atoms with Gasteiger partial charge in [0.25, 0.3) is 0 Å². The van der Waals surface area contributed by atoms with E-state index in [1.165, 1.54) is 6.92 Å². The van der Waals surface area contributed by atoms with Crippen molar-refractivity contribution in [1.82, 2.24) is 0 Å². The summed E-state index contributed by atoms with van der Waals surface area (Å²) in [6.07, 6.45) is 0.672. The molecule has 0 fully saturated rings. The molecule has 0 aromatic carbocycles. The molecule has 0 aliphatic rings. The van der Waals surface area contributed by atoms with Gasteiger partial charge in [-0.15, -0.1) is 0 Å². The molecule has 0 aliphatic carbocycles. The smallest absolute Gasteiger partial charge is 0.219 e. The van der Waals surface area contributed by atoms with E-state index in [1.807, 2.05) is 0 Å². The Balaban J connectivity index is 2.99. The van der Waals surface area contributed by atoms with Gasteiger partial charge in [0.2, 0.25) is 5.91 Å². The van der Waals surface area contributed by atoms with Crippen molar-refractivity contribution in [2.75, 3.05) is 52.9 Å². The molecule has 0 unspecified atom stereocenters. The van der Waals surface area contributed by atoms with Crippen LogP contribution in [0, 0.1) is 0 Å². The van der Waals surface area contributed by atoms with Gasteiger partial charge in [-0.1, -0.05) is 0 Å². The normalized spacial score (nSPS) is 10.7. The summed E-state index contributed by atoms with van der Waals surface area (Å²) < 4.78 is 20.8. The largest absolute Gasteiger partial charge is 0.379 e. The molecular formula is C13H25NO6. The van der Waals surface area contributed by atoms with Crippen LogP contribution >= 0.6 is 0 Å². The lowest BCUT2D eigenvalue weighted by Gasteiger charge is -2.06. The van der Waals surface area contributed by atoms with Gasteiger partial charge in [-0.2, -0.15) is 0 Å². The summed E-state index contributed by atoms with van der Waals surface area (Å²) in [4.78, 5) is 21.0. The number of carbonyl (C=O) groups is 2. The standard InChI is InChI=1S/C13H25NO6/c1-12(15)2-4-17-6-8-19-10-11-20-9-7-18-5-3-13(14)16/h2-11H2,1H3,(H2,14,16). The number of rotatable bonds is 15. The van der Waals surface area contributed by atoms with Crippen molar-refractivity contribution in [3.05, 3.63) is 0 Å². The molecular weight excluding hydrogens is 266 g/mol. The highest BCUT2D eigenvalue weighted by Gasteiger charge is 1.96. The molecule has 1 amide bonds. The second kappa shape index (κ2) is 14.4. The summed E-state index contributed by atoms with van der Waals surface area (Å²) in [6, 6.07) is 0. The summed E-state index contributed by atoms with van der Waals surface area (Å²) in [5.41, 5.74) is 4.95. The van der Waals surface area contributed by atoms with E-state index in [1.54, 1.807) is 0 Å². The Morgan fingerprint density at radius 1 is 0.700 bits per heavy atom. The van der Waals surface area contributed by atoms with Crippen molar-refractivity contribution in [2.45, 2.75) is 19.8 Å². The molecule has 0 saturated heterocycles. The van der Waals surface area contributed by atoms with E-state index in [4.69, 9.17) is 24.7 Å². The summed E-state index contributed by atoms with van der Waals surface area (Å²) in [5.74, 6) is -0.248. The van der Waals surface area contributed by atoms with E-state index in [-0.39, 0.29) is 18.1 Å². The van der Waals surface area contributed by atoms with Crippen LogP contribution in [0.1, 0.15) is 19.8 Å². The predicted molar refractivity (Wildman–Crippen MR) is 72.4 cm³/mol. The molecule has 0 aromatic heterocycles. The van der Waals surface area contributed by atoms with Crippen LogP contribution in [0.5, 0.6) is 0 Å². The number of hydrogen-bond acceptors (Lipinski definition) is 6. The van der Waals surface area contributed by atoms with E-state index in [0.29, 0.717) is 59.3 Å². The average molecular weight is 291 g/mol. The Morgan fingerprint density at radius 3 is 1.40 bits per heavy atom. The summed E-state index contributed by atoms with van der Waals surface area (Å²) >= 11 is 0. The first-order chi connectivity index (χ1) is 9.63. The second-order valence-electron chi connectivity index (χ2n) is 4.12. The van der Waals surface area contributed by atoms with Crippen molar-refractivity contribution < 1.29 is 28.5 Å². The fourth-order valence-corrected chi connectivity index (χ4v) is 1.15. The predicted octanol–water partition coefficient (Wildman–Crippen LogP) is -0.0927. The molecule has 7 nitrogen and oxygen atoms in total. The Morgan fingerprint density at radius 2 is 1.05 bits per heavy atom. The number of primary amides is 1. The van der Waals surface area contributed by atoms with Crippen molar-refractivity contribution in [3.63, 3.8) is 0 Å². The number of ether oxygens (including phenoxy) is 4. The lowest BCUT2D eigenvalue weighted by molar-refractivity contribution is -0.119. The van der Waals surface area contributed by atoms with Crippen molar-refractivity contribution in [2.24, 2.45) is 5.73 Å². The fraction of sp³-hybridized carbons (Fsp3) is 0.846. The summed E-state index contributed by atoms with van der Waals surface area (Å²) in [7, 11) is 0. The van der Waals surface area contributed by atoms with E-state index in [0.717, 1.165) is 0 Å². The summed E-state index contributed by atoms with van der Waals surface area (Å²) in [5, 5.41) is 0. The van der Waals surface area contributed by atoms with E-state index in [2.05, 4.69) is 0 Å². The van der Waals surface area contributed by atoms with Crippen molar-refractivity contribution in [1.29, 1.82) is 0 Å². The van der Waals surface area contributed by atoms with E-state index in [9.17, 15) is 9.59 Å². The number of nitrogens with two attached hydrogens (primary N) is 1. The van der Waals surface area contributed by atoms with Gasteiger partial charge in [0.15, 0.2) is 0 Å². The molecule has 0 rings (SSSR count). The van der Waals surface area contributed by atoms with Gasteiger partial charge in [0.1, 0.15) is 5.78 Å². The second-order valence-corrected chi connectivity index (χ2v) is 4.12. The van der Waals surface area contributed by atoms with Gasteiger partial charge in [0, 0.05) is 12.8 Å². The highest BCUT2D eigenvalue weighted by Crippen LogP contribution is 1.86. The van der Waals surface area contributed by atoms with Gasteiger partial charge >= 0.3 is 0 Å². The number of ketones is 1. The molecule has 0 aliphatic heterocycles. The zero-order valence-electron chi connectivity index (χ0n) is 12.1. The van der Waals surface area contributed by atoms with Gasteiger partial charge in [-0.05, 0) is 6.92 Å². The van der Waals surface area contributed by atoms with Crippen LogP contribution in [-0.4, -0.2) is 64.5 Å². The zero-order chi connectivity index (χ0) is 15.1. The van der Waals surface area contributed by atoms with Gasteiger partial charge in [-0.25, -0.2) is 0 Å². The minimum absolute atomic E-state index is 0.123. The SMILES string of the molecule is CC(=O)CCOCCOCCOCCOCCC(N)=O. The van der Waals surface area contributed by atoms with Crippen LogP contribution in [0.3, 0.4) is 0 Å². The van der Waals surface area contributed by atoms with Gasteiger partial charge < -0.3 is 24.7 Å². The lowest BCUT2D eigenvalue weighted by atomic mass is 10.3. The first-order valence-corrected chi connectivity index (χ1v) is 6.71. The number of hydrogen-bond donors (Lipinski definition) is 1. The van der Waals surface area contributed by atoms with Crippen LogP contribution in [0.2, 0.25) is 0 Å². The Hall–Kier alpha value is -1.02. The van der Waals surface area contributed by atoms with Gasteiger partial charge in [-0.3, -0.25) is 9.59 Å². The van der Waals surface area contributed by atoms with Crippen molar-refractivity contribution in [3.8, 4) is 0 Å². The van der Waals surface area contributed by atoms with Crippen LogP contribution in [-0.2, 0) is 28.5 Å². The van der Waals surface area contributed by atoms with E-state index < -0.39 is 0 Å². The number of Topliss-reactive ketones (excluding diaryl/α,β-unsaturated/α-hetero) is 1. The number of carbonyl (C=O) groups excluding carboxylic acids is 2. The minimum Gasteiger partial charge on any atom is -0.379 e. The summed E-state index contributed by atoms with van der Waals surface area (Å²) in [6.45, 7) is 5.11. The van der Waals surface area contributed by atoms with Crippen molar-refractivity contribution >= 4 is 11.7 Å². The highest BCUT2D eigenvalue weighted by molar-refractivity contribution is 5.75. The maximum absolute atomic E-state index is 10.6. The first-order valence-electron chi connectivity index (χ1n) is 6.71. The lowest BCUT2D eigenvalue weighted by Crippen LogP contribution is -2.15. The highest BCUT2D eigenvalue weighted by atomic mass is 16.6. The molecule has 0 radical (unpaired) electrons. The van der Waals surface area contributed by atoms with Crippen LogP contribution in [0.4, 0.5) is 0 Å². The molecule has 118 valence electrons. The minimum atomic E-state index is -0.371. The Bertz CT molecular complexity index is 233. The fourth-order valence-electron chi connectivity index (χ4n) is 1.15. The van der Waals surface area contributed by atoms with Crippen LogP contribution in [0.15, 0.2) is 0 Å². The molecule has 0 spiro atoms. The van der Waals surface area contributed by atoms with E-state index >= 15 is 0 Å². The molecule has 0 heterocycles. The monoisotopic (exact) mass is 291 g/mol. The Labute approximate surface area is 119 Å². The van der Waals surface area contributed by atoms with Gasteiger partial charge in [0.05, 0.1) is 52.9 Å². The maximum atomic E-state index is 10.6. The van der Waals surface area contributed by atoms with Crippen LogP contribution < -0.4 is 5.73 Å². The molecule has 0 saturated carbocycles. The average Bonchev–Trinajstić information content (AvgIpc) is 2.38.